The minimum atomic E-state index is -4.81. The third-order valence-electron chi connectivity index (χ3n) is 4.67. The number of rotatable bonds is 4. The molecule has 0 radical (unpaired) electrons. The number of aromatic nitrogens is 1. The standard InChI is InChI=1S/C20H16F3NO4/c21-20(22,23)16-10-9-13(18(27)17-14(25)7-4-8-15(17)26)19(28)24(16)11-12-5-2-1-3-6-12/h1-3,5-6,9-10,17H,4,7-8,11H2. The van der Waals surface area contributed by atoms with Crippen LogP contribution in [0.2, 0.25) is 0 Å². The largest absolute Gasteiger partial charge is 0.431 e. The third-order valence-corrected chi connectivity index (χ3v) is 4.67. The third kappa shape index (κ3) is 3.81. The van der Waals surface area contributed by atoms with Crippen molar-refractivity contribution in [3.05, 3.63) is 69.6 Å². The molecule has 1 aliphatic carbocycles. The van der Waals surface area contributed by atoms with E-state index < -0.39 is 52.8 Å². The topological polar surface area (TPSA) is 73.2 Å². The Bertz CT molecular complexity index is 977. The summed E-state index contributed by atoms with van der Waals surface area (Å²) in [6, 6.07) is 9.39. The van der Waals surface area contributed by atoms with Gasteiger partial charge in [-0.1, -0.05) is 30.3 Å². The van der Waals surface area contributed by atoms with Crippen LogP contribution in [-0.4, -0.2) is 21.9 Å². The number of Topliss-reactive ketones (excluding diaryl/α,β-unsaturated/α-hetero) is 3. The van der Waals surface area contributed by atoms with Gasteiger partial charge in [-0.05, 0) is 24.1 Å². The van der Waals surface area contributed by atoms with Gasteiger partial charge in [0.2, 0.25) is 0 Å². The Morgan fingerprint density at radius 1 is 0.964 bits per heavy atom. The number of halogens is 3. The van der Waals surface area contributed by atoms with Crippen molar-refractivity contribution in [2.45, 2.75) is 32.0 Å². The van der Waals surface area contributed by atoms with E-state index in [1.54, 1.807) is 30.3 Å². The van der Waals surface area contributed by atoms with Gasteiger partial charge in [-0.3, -0.25) is 23.7 Å². The zero-order chi connectivity index (χ0) is 20.5. The molecule has 0 bridgehead atoms. The highest BCUT2D eigenvalue weighted by Crippen LogP contribution is 2.29. The molecular weight excluding hydrogens is 375 g/mol. The van der Waals surface area contributed by atoms with Crippen LogP contribution in [0.4, 0.5) is 13.2 Å². The highest BCUT2D eigenvalue weighted by molar-refractivity contribution is 6.25. The quantitative estimate of drug-likeness (QED) is 0.593. The maximum Gasteiger partial charge on any atom is 0.431 e. The Kier molecular flexibility index (Phi) is 5.31. The maximum absolute atomic E-state index is 13.4. The van der Waals surface area contributed by atoms with Crippen LogP contribution in [-0.2, 0) is 22.3 Å². The van der Waals surface area contributed by atoms with Gasteiger partial charge < -0.3 is 0 Å². The van der Waals surface area contributed by atoms with Gasteiger partial charge in [0.25, 0.3) is 5.56 Å². The molecule has 1 saturated carbocycles. The molecule has 8 heteroatoms. The SMILES string of the molecule is O=C1CCCC(=O)C1C(=O)c1ccc(C(F)(F)F)n(Cc2ccccc2)c1=O. The highest BCUT2D eigenvalue weighted by Gasteiger charge is 2.39. The molecular formula is C20H16F3NO4. The van der Waals surface area contributed by atoms with E-state index in [4.69, 9.17) is 0 Å². The molecule has 0 aliphatic heterocycles. The second kappa shape index (κ2) is 7.53. The summed E-state index contributed by atoms with van der Waals surface area (Å²) < 4.78 is 40.6. The molecule has 0 spiro atoms. The van der Waals surface area contributed by atoms with Crippen LogP contribution < -0.4 is 5.56 Å². The molecule has 0 amide bonds. The van der Waals surface area contributed by atoms with Gasteiger partial charge in [0.05, 0.1) is 12.1 Å². The van der Waals surface area contributed by atoms with E-state index in [1.807, 2.05) is 0 Å². The Morgan fingerprint density at radius 3 is 2.14 bits per heavy atom. The molecule has 146 valence electrons. The van der Waals surface area contributed by atoms with Crippen LogP contribution in [0.15, 0.2) is 47.3 Å². The zero-order valence-electron chi connectivity index (χ0n) is 14.7. The van der Waals surface area contributed by atoms with Crippen LogP contribution >= 0.6 is 0 Å². The summed E-state index contributed by atoms with van der Waals surface area (Å²) in [5, 5.41) is 0. The summed E-state index contributed by atoms with van der Waals surface area (Å²) >= 11 is 0. The molecule has 1 aliphatic rings. The first-order valence-electron chi connectivity index (χ1n) is 8.64. The van der Waals surface area contributed by atoms with Gasteiger partial charge in [-0.25, -0.2) is 0 Å². The number of carbonyl (C=O) groups excluding carboxylic acids is 3. The summed E-state index contributed by atoms with van der Waals surface area (Å²) in [7, 11) is 0. The fraction of sp³-hybridized carbons (Fsp3) is 0.300. The van der Waals surface area contributed by atoms with Crippen LogP contribution in [0.1, 0.15) is 40.9 Å². The van der Waals surface area contributed by atoms with E-state index in [9.17, 15) is 32.3 Å². The van der Waals surface area contributed by atoms with Gasteiger partial charge in [0.15, 0.2) is 17.3 Å². The Balaban J connectivity index is 2.10. The molecule has 0 unspecified atom stereocenters. The molecule has 0 N–H and O–H groups in total. The average Bonchev–Trinajstić information content (AvgIpc) is 2.63. The lowest BCUT2D eigenvalue weighted by Crippen LogP contribution is -2.40. The fourth-order valence-corrected chi connectivity index (χ4v) is 3.29. The van der Waals surface area contributed by atoms with E-state index in [-0.39, 0.29) is 12.8 Å². The molecule has 0 atom stereocenters. The van der Waals surface area contributed by atoms with Crippen molar-refractivity contribution >= 4 is 17.3 Å². The summed E-state index contributed by atoms with van der Waals surface area (Å²) in [4.78, 5) is 49.4. The normalized spacial score (nSPS) is 15.7. The van der Waals surface area contributed by atoms with Crippen LogP contribution in [0.5, 0.6) is 0 Å². The lowest BCUT2D eigenvalue weighted by Gasteiger charge is -2.20. The molecule has 2 aromatic rings. The van der Waals surface area contributed by atoms with Gasteiger partial charge in [0, 0.05) is 12.8 Å². The predicted octanol–water partition coefficient (Wildman–Crippen LogP) is 3.04. The smallest absolute Gasteiger partial charge is 0.299 e. The predicted molar refractivity (Wildman–Crippen MR) is 92.9 cm³/mol. The van der Waals surface area contributed by atoms with Crippen molar-refractivity contribution in [2.24, 2.45) is 5.92 Å². The first kappa shape index (κ1) is 19.7. The van der Waals surface area contributed by atoms with E-state index in [0.29, 0.717) is 22.6 Å². The van der Waals surface area contributed by atoms with Crippen LogP contribution in [0.3, 0.4) is 0 Å². The summed E-state index contributed by atoms with van der Waals surface area (Å²) in [5.41, 5.74) is -2.53. The second-order valence-corrected chi connectivity index (χ2v) is 6.59. The maximum atomic E-state index is 13.4. The Hall–Kier alpha value is -3.03. The van der Waals surface area contributed by atoms with Crippen LogP contribution in [0, 0.1) is 5.92 Å². The monoisotopic (exact) mass is 391 g/mol. The first-order valence-corrected chi connectivity index (χ1v) is 8.64. The number of ketones is 3. The number of benzene rings is 1. The lowest BCUT2D eigenvalue weighted by molar-refractivity contribution is -0.144. The number of carbonyl (C=O) groups is 3. The van der Waals surface area contributed by atoms with Crippen molar-refractivity contribution in [3.63, 3.8) is 0 Å². The molecule has 1 fully saturated rings. The number of alkyl halides is 3. The Labute approximate surface area is 157 Å². The molecule has 1 aromatic carbocycles. The van der Waals surface area contributed by atoms with Gasteiger partial charge >= 0.3 is 6.18 Å². The minimum Gasteiger partial charge on any atom is -0.299 e. The zero-order valence-corrected chi connectivity index (χ0v) is 14.7. The van der Waals surface area contributed by atoms with E-state index in [1.165, 1.54) is 0 Å². The van der Waals surface area contributed by atoms with E-state index in [2.05, 4.69) is 0 Å². The number of hydrogen-bond donors (Lipinski definition) is 0. The van der Waals surface area contributed by atoms with Crippen molar-refractivity contribution < 1.29 is 27.6 Å². The van der Waals surface area contributed by atoms with Crippen molar-refractivity contribution in [2.75, 3.05) is 0 Å². The van der Waals surface area contributed by atoms with Crippen molar-refractivity contribution in [1.82, 2.24) is 4.57 Å². The molecule has 28 heavy (non-hydrogen) atoms. The van der Waals surface area contributed by atoms with Gasteiger partial charge in [0.1, 0.15) is 11.6 Å². The highest BCUT2D eigenvalue weighted by atomic mass is 19.4. The number of pyridine rings is 1. The molecule has 1 heterocycles. The fourth-order valence-electron chi connectivity index (χ4n) is 3.29. The lowest BCUT2D eigenvalue weighted by atomic mass is 9.82. The number of nitrogens with zero attached hydrogens (tertiary/aromatic N) is 1. The van der Waals surface area contributed by atoms with Crippen molar-refractivity contribution in [1.29, 1.82) is 0 Å². The molecule has 3 rings (SSSR count). The van der Waals surface area contributed by atoms with Crippen LogP contribution in [0.25, 0.3) is 0 Å². The summed E-state index contributed by atoms with van der Waals surface area (Å²) in [6.45, 7) is -0.401. The first-order chi connectivity index (χ1) is 13.2. The summed E-state index contributed by atoms with van der Waals surface area (Å²) in [6.07, 6.45) is -4.43. The Morgan fingerprint density at radius 2 is 1.57 bits per heavy atom. The average molecular weight is 391 g/mol. The summed E-state index contributed by atoms with van der Waals surface area (Å²) in [5.74, 6) is -3.84. The second-order valence-electron chi connectivity index (χ2n) is 6.59. The minimum absolute atomic E-state index is 0.0288. The van der Waals surface area contributed by atoms with Gasteiger partial charge in [-0.2, -0.15) is 13.2 Å². The molecule has 0 saturated heterocycles. The molecule has 5 nitrogen and oxygen atoms in total. The number of hydrogen-bond acceptors (Lipinski definition) is 4. The van der Waals surface area contributed by atoms with Gasteiger partial charge in [-0.15, -0.1) is 0 Å². The van der Waals surface area contributed by atoms with Crippen molar-refractivity contribution in [3.8, 4) is 0 Å². The van der Waals surface area contributed by atoms with E-state index in [0.717, 1.165) is 6.07 Å². The van der Waals surface area contributed by atoms with E-state index >= 15 is 0 Å². The molecule has 1 aromatic heterocycles.